The summed E-state index contributed by atoms with van der Waals surface area (Å²) in [6.07, 6.45) is 4.69. The summed E-state index contributed by atoms with van der Waals surface area (Å²) in [5.41, 5.74) is 3.45. The standard InChI is InChI=1S/C15H15N3S/c1-2-4-13-11(3-1)12(7-17-13)14-9-19-15(18-14)8-16-10-5-6-10/h1-4,7,9-10,16-17H,5-6,8H2. The number of aromatic amines is 1. The van der Waals surface area contributed by atoms with Crippen LogP contribution in [0.4, 0.5) is 0 Å². The van der Waals surface area contributed by atoms with Crippen LogP contribution in [-0.4, -0.2) is 16.0 Å². The monoisotopic (exact) mass is 269 g/mol. The van der Waals surface area contributed by atoms with Crippen LogP contribution in [0.5, 0.6) is 0 Å². The molecule has 2 heterocycles. The van der Waals surface area contributed by atoms with Crippen molar-refractivity contribution in [2.75, 3.05) is 0 Å². The Bertz CT molecular complexity index is 709. The van der Waals surface area contributed by atoms with E-state index in [1.807, 2.05) is 0 Å². The molecule has 1 aliphatic carbocycles. The van der Waals surface area contributed by atoms with Gasteiger partial charge in [-0.05, 0) is 18.9 Å². The second kappa shape index (κ2) is 4.47. The summed E-state index contributed by atoms with van der Waals surface area (Å²) in [5, 5.41) is 8.08. The highest BCUT2D eigenvalue weighted by Gasteiger charge is 2.20. The zero-order valence-electron chi connectivity index (χ0n) is 10.5. The molecule has 0 aliphatic heterocycles. The van der Waals surface area contributed by atoms with Crippen LogP contribution in [0.15, 0.2) is 35.8 Å². The average Bonchev–Trinajstić information content (AvgIpc) is 3.00. The number of aromatic nitrogens is 2. The number of fused-ring (bicyclic) bond motifs is 1. The van der Waals surface area contributed by atoms with Crippen molar-refractivity contribution in [1.29, 1.82) is 0 Å². The molecule has 2 aromatic heterocycles. The van der Waals surface area contributed by atoms with Gasteiger partial charge in [-0.25, -0.2) is 4.98 Å². The van der Waals surface area contributed by atoms with E-state index >= 15 is 0 Å². The van der Waals surface area contributed by atoms with Gasteiger partial charge in [0.2, 0.25) is 0 Å². The van der Waals surface area contributed by atoms with Gasteiger partial charge >= 0.3 is 0 Å². The number of nitrogens with zero attached hydrogens (tertiary/aromatic N) is 1. The fourth-order valence-corrected chi connectivity index (χ4v) is 3.06. The van der Waals surface area contributed by atoms with Crippen molar-refractivity contribution in [1.82, 2.24) is 15.3 Å². The Labute approximate surface area is 115 Å². The first-order valence-corrected chi connectivity index (χ1v) is 7.52. The molecule has 1 aromatic carbocycles. The van der Waals surface area contributed by atoms with E-state index in [4.69, 9.17) is 4.98 Å². The minimum absolute atomic E-state index is 0.737. The van der Waals surface area contributed by atoms with E-state index in [-0.39, 0.29) is 0 Å². The lowest BCUT2D eigenvalue weighted by Gasteiger charge is -1.97. The van der Waals surface area contributed by atoms with Crippen LogP contribution in [0.3, 0.4) is 0 Å². The molecule has 3 aromatic rings. The highest BCUT2D eigenvalue weighted by atomic mass is 32.1. The molecular weight excluding hydrogens is 254 g/mol. The predicted octanol–water partition coefficient (Wildman–Crippen LogP) is 3.54. The SMILES string of the molecule is c1ccc2c(-c3csc(CNC4CC4)n3)c[nH]c2c1. The van der Waals surface area contributed by atoms with Gasteiger partial charge in [0.1, 0.15) is 5.01 Å². The van der Waals surface area contributed by atoms with E-state index in [1.165, 1.54) is 34.3 Å². The van der Waals surface area contributed by atoms with Crippen LogP contribution in [0, 0.1) is 0 Å². The van der Waals surface area contributed by atoms with Crippen molar-refractivity contribution < 1.29 is 0 Å². The summed E-state index contributed by atoms with van der Waals surface area (Å²) >= 11 is 1.74. The molecule has 1 aliphatic rings. The molecule has 2 N–H and O–H groups in total. The van der Waals surface area contributed by atoms with Crippen molar-refractivity contribution in [3.8, 4) is 11.3 Å². The summed E-state index contributed by atoms with van der Waals surface area (Å²) in [6.45, 7) is 0.900. The maximum atomic E-state index is 4.74. The molecule has 0 radical (unpaired) electrons. The number of thiazole rings is 1. The zero-order chi connectivity index (χ0) is 12.7. The van der Waals surface area contributed by atoms with Gasteiger partial charge in [0.25, 0.3) is 0 Å². The van der Waals surface area contributed by atoms with Crippen molar-refractivity contribution in [2.24, 2.45) is 0 Å². The van der Waals surface area contributed by atoms with E-state index in [1.54, 1.807) is 11.3 Å². The lowest BCUT2D eigenvalue weighted by molar-refractivity contribution is 0.685. The molecule has 3 nitrogen and oxygen atoms in total. The number of rotatable bonds is 4. The molecule has 0 bridgehead atoms. The van der Waals surface area contributed by atoms with Gasteiger partial charge in [0.15, 0.2) is 0 Å². The number of benzene rings is 1. The second-order valence-electron chi connectivity index (χ2n) is 5.03. The molecule has 19 heavy (non-hydrogen) atoms. The Morgan fingerprint density at radius 3 is 3.11 bits per heavy atom. The van der Waals surface area contributed by atoms with Crippen LogP contribution in [0.1, 0.15) is 17.8 Å². The third kappa shape index (κ3) is 2.17. The first-order chi connectivity index (χ1) is 9.40. The Kier molecular flexibility index (Phi) is 2.64. The van der Waals surface area contributed by atoms with Crippen LogP contribution in [0.2, 0.25) is 0 Å². The summed E-state index contributed by atoms with van der Waals surface area (Å²) in [4.78, 5) is 8.04. The molecule has 0 amide bonds. The van der Waals surface area contributed by atoms with Crippen molar-refractivity contribution in [3.05, 3.63) is 40.8 Å². The van der Waals surface area contributed by atoms with Crippen LogP contribution in [-0.2, 0) is 6.54 Å². The fraction of sp³-hybridized carbons (Fsp3) is 0.267. The Morgan fingerprint density at radius 2 is 2.21 bits per heavy atom. The maximum Gasteiger partial charge on any atom is 0.107 e. The highest BCUT2D eigenvalue weighted by Crippen LogP contribution is 2.29. The summed E-state index contributed by atoms with van der Waals surface area (Å²) in [6, 6.07) is 9.10. The third-order valence-corrected chi connectivity index (χ3v) is 4.39. The van der Waals surface area contributed by atoms with Gasteiger partial charge in [-0.1, -0.05) is 18.2 Å². The van der Waals surface area contributed by atoms with Gasteiger partial charge in [-0.15, -0.1) is 11.3 Å². The molecule has 0 spiro atoms. The summed E-state index contributed by atoms with van der Waals surface area (Å²) in [7, 11) is 0. The highest BCUT2D eigenvalue weighted by molar-refractivity contribution is 7.09. The van der Waals surface area contributed by atoms with Crippen molar-refractivity contribution >= 4 is 22.2 Å². The number of H-pyrrole nitrogens is 1. The van der Waals surface area contributed by atoms with Gasteiger partial charge < -0.3 is 10.3 Å². The minimum Gasteiger partial charge on any atom is -0.360 e. The number of hydrogen-bond donors (Lipinski definition) is 2. The molecule has 0 atom stereocenters. The largest absolute Gasteiger partial charge is 0.360 e. The Morgan fingerprint density at radius 1 is 1.32 bits per heavy atom. The molecule has 96 valence electrons. The number of para-hydroxylation sites is 1. The molecule has 0 saturated heterocycles. The third-order valence-electron chi connectivity index (χ3n) is 3.54. The second-order valence-corrected chi connectivity index (χ2v) is 5.97. The van der Waals surface area contributed by atoms with E-state index < -0.39 is 0 Å². The average molecular weight is 269 g/mol. The molecular formula is C15H15N3S. The van der Waals surface area contributed by atoms with E-state index in [2.05, 4.69) is 46.1 Å². The van der Waals surface area contributed by atoms with Gasteiger partial charge in [-0.2, -0.15) is 0 Å². The maximum absolute atomic E-state index is 4.74. The number of hydrogen-bond acceptors (Lipinski definition) is 3. The summed E-state index contributed by atoms with van der Waals surface area (Å²) < 4.78 is 0. The molecule has 1 fully saturated rings. The van der Waals surface area contributed by atoms with Crippen LogP contribution >= 0.6 is 11.3 Å². The number of nitrogens with one attached hydrogen (secondary N) is 2. The lowest BCUT2D eigenvalue weighted by Crippen LogP contribution is -2.14. The van der Waals surface area contributed by atoms with Gasteiger partial charge in [-0.3, -0.25) is 0 Å². The minimum atomic E-state index is 0.737. The predicted molar refractivity (Wildman–Crippen MR) is 79.3 cm³/mol. The van der Waals surface area contributed by atoms with Crippen molar-refractivity contribution in [3.63, 3.8) is 0 Å². The van der Waals surface area contributed by atoms with Crippen molar-refractivity contribution in [2.45, 2.75) is 25.4 Å². The smallest absolute Gasteiger partial charge is 0.107 e. The summed E-state index contributed by atoms with van der Waals surface area (Å²) in [5.74, 6) is 0. The first kappa shape index (κ1) is 11.2. The van der Waals surface area contributed by atoms with Gasteiger partial charge in [0.05, 0.1) is 5.69 Å². The molecule has 4 heteroatoms. The van der Waals surface area contributed by atoms with Crippen LogP contribution < -0.4 is 5.32 Å². The van der Waals surface area contributed by atoms with E-state index in [0.717, 1.165) is 18.3 Å². The first-order valence-electron chi connectivity index (χ1n) is 6.64. The molecule has 1 saturated carbocycles. The Balaban J connectivity index is 1.64. The zero-order valence-corrected chi connectivity index (χ0v) is 11.3. The molecule has 0 unspecified atom stereocenters. The normalized spacial score (nSPS) is 15.2. The topological polar surface area (TPSA) is 40.7 Å². The fourth-order valence-electron chi connectivity index (χ4n) is 2.32. The Hall–Kier alpha value is -1.65. The van der Waals surface area contributed by atoms with Crippen LogP contribution in [0.25, 0.3) is 22.2 Å². The van der Waals surface area contributed by atoms with Gasteiger partial charge in [0, 0.05) is 40.6 Å². The lowest BCUT2D eigenvalue weighted by atomic mass is 10.1. The molecule has 4 rings (SSSR count). The van der Waals surface area contributed by atoms with E-state index in [0.29, 0.717) is 0 Å². The quantitative estimate of drug-likeness (QED) is 0.760. The van der Waals surface area contributed by atoms with E-state index in [9.17, 15) is 0 Å².